The van der Waals surface area contributed by atoms with Crippen LogP contribution in [-0.2, 0) is 15.9 Å². The zero-order valence-corrected chi connectivity index (χ0v) is 9.12. The van der Waals surface area contributed by atoms with Crippen molar-refractivity contribution in [3.63, 3.8) is 0 Å². The smallest absolute Gasteiger partial charge is 0.269 e. The van der Waals surface area contributed by atoms with Gasteiger partial charge in [-0.05, 0) is 5.56 Å². The van der Waals surface area contributed by atoms with Gasteiger partial charge in [-0.15, -0.1) is 0 Å². The third-order valence-electron chi connectivity index (χ3n) is 1.95. The largest absolute Gasteiger partial charge is 0.294 e. The number of rotatable bonds is 4. The van der Waals surface area contributed by atoms with Crippen molar-refractivity contribution in [3.8, 4) is 0 Å². The van der Waals surface area contributed by atoms with E-state index in [9.17, 15) is 13.2 Å². The number of Topliss-reactive ketones (excluding diaryl/α,β-unsaturated/α-hetero) is 1. The first-order chi connectivity index (χ1) is 6.92. The second-order valence-corrected chi connectivity index (χ2v) is 4.65. The van der Waals surface area contributed by atoms with E-state index in [-0.39, 0.29) is 5.78 Å². The second-order valence-electron chi connectivity index (χ2n) is 3.20. The Bertz CT molecular complexity index is 445. The van der Waals surface area contributed by atoms with Gasteiger partial charge in [0.25, 0.3) is 10.1 Å². The summed E-state index contributed by atoms with van der Waals surface area (Å²) in [5, 5.41) is 0. The topological polar surface area (TPSA) is 71.4 Å². The molecule has 0 aromatic heterocycles. The van der Waals surface area contributed by atoms with Gasteiger partial charge in [-0.1, -0.05) is 31.2 Å². The Balaban J connectivity index is 2.86. The van der Waals surface area contributed by atoms with Crippen molar-refractivity contribution in [2.24, 2.45) is 0 Å². The molecular weight excluding hydrogens is 216 g/mol. The van der Waals surface area contributed by atoms with Crippen molar-refractivity contribution in [2.45, 2.75) is 19.1 Å². The molecule has 0 fully saturated rings. The molecule has 1 rings (SSSR count). The number of hydrogen-bond donors (Lipinski definition) is 1. The van der Waals surface area contributed by atoms with Gasteiger partial charge in [-0.25, -0.2) is 0 Å². The van der Waals surface area contributed by atoms with Gasteiger partial charge in [0, 0.05) is 12.0 Å². The monoisotopic (exact) mass is 228 g/mol. The third kappa shape index (κ3) is 3.81. The molecule has 0 aliphatic rings. The number of benzene rings is 1. The fourth-order valence-corrected chi connectivity index (χ4v) is 1.82. The summed E-state index contributed by atoms with van der Waals surface area (Å²) in [7, 11) is -4.00. The molecule has 0 aliphatic heterocycles. The van der Waals surface area contributed by atoms with Crippen LogP contribution < -0.4 is 0 Å². The normalized spacial score (nSPS) is 11.3. The van der Waals surface area contributed by atoms with Crippen LogP contribution in [0.4, 0.5) is 0 Å². The summed E-state index contributed by atoms with van der Waals surface area (Å²) < 4.78 is 29.7. The summed E-state index contributed by atoms with van der Waals surface area (Å²) in [6.45, 7) is 1.76. The van der Waals surface area contributed by atoms with Crippen LogP contribution in [-0.4, -0.2) is 18.8 Å². The standard InChI is InChI=1S/C10H12O4S/c1-2-10(11)9-5-3-8(4-6-9)7-15(12,13)14/h3-6H,2,7H2,1H3,(H,12,13,14). The Labute approximate surface area is 88.7 Å². The first kappa shape index (κ1) is 11.9. The van der Waals surface area contributed by atoms with Crippen LogP contribution in [0.2, 0.25) is 0 Å². The number of carbonyl (C=O) groups excluding carboxylic acids is 1. The summed E-state index contributed by atoms with van der Waals surface area (Å²) in [6, 6.07) is 6.17. The summed E-state index contributed by atoms with van der Waals surface area (Å²) in [4.78, 5) is 11.2. The quantitative estimate of drug-likeness (QED) is 0.628. The molecule has 0 bridgehead atoms. The summed E-state index contributed by atoms with van der Waals surface area (Å²) in [5.41, 5.74) is 1.02. The molecule has 15 heavy (non-hydrogen) atoms. The molecule has 0 spiro atoms. The van der Waals surface area contributed by atoms with E-state index in [2.05, 4.69) is 0 Å². The average molecular weight is 228 g/mol. The highest BCUT2D eigenvalue weighted by Crippen LogP contribution is 2.09. The lowest BCUT2D eigenvalue weighted by Gasteiger charge is -2.00. The molecule has 4 nitrogen and oxygen atoms in total. The Morgan fingerprint density at radius 2 is 1.80 bits per heavy atom. The van der Waals surface area contributed by atoms with Gasteiger partial charge in [-0.3, -0.25) is 9.35 Å². The van der Waals surface area contributed by atoms with Crippen LogP contribution >= 0.6 is 0 Å². The van der Waals surface area contributed by atoms with E-state index in [1.54, 1.807) is 19.1 Å². The van der Waals surface area contributed by atoms with Crippen molar-refractivity contribution in [2.75, 3.05) is 0 Å². The lowest BCUT2D eigenvalue weighted by molar-refractivity contribution is 0.0988. The van der Waals surface area contributed by atoms with Gasteiger partial charge in [0.15, 0.2) is 5.78 Å². The van der Waals surface area contributed by atoms with E-state index in [0.717, 1.165) is 0 Å². The molecule has 0 atom stereocenters. The van der Waals surface area contributed by atoms with E-state index in [4.69, 9.17) is 4.55 Å². The molecule has 0 saturated heterocycles. The van der Waals surface area contributed by atoms with Crippen LogP contribution in [0, 0.1) is 0 Å². The Kier molecular flexibility index (Phi) is 3.60. The summed E-state index contributed by atoms with van der Waals surface area (Å²) in [5.74, 6) is -0.415. The van der Waals surface area contributed by atoms with E-state index < -0.39 is 15.9 Å². The third-order valence-corrected chi connectivity index (χ3v) is 2.64. The number of ketones is 1. The lowest BCUT2D eigenvalue weighted by Crippen LogP contribution is -2.02. The molecule has 0 heterocycles. The van der Waals surface area contributed by atoms with Crippen molar-refractivity contribution >= 4 is 15.9 Å². The van der Waals surface area contributed by atoms with E-state index in [1.807, 2.05) is 0 Å². The minimum atomic E-state index is -4.00. The maximum absolute atomic E-state index is 11.2. The average Bonchev–Trinajstić information content (AvgIpc) is 2.15. The van der Waals surface area contributed by atoms with E-state index in [0.29, 0.717) is 17.5 Å². The van der Waals surface area contributed by atoms with E-state index in [1.165, 1.54) is 12.1 Å². The van der Waals surface area contributed by atoms with Crippen LogP contribution in [0.15, 0.2) is 24.3 Å². The number of hydrogen-bond acceptors (Lipinski definition) is 3. The van der Waals surface area contributed by atoms with Crippen molar-refractivity contribution in [1.29, 1.82) is 0 Å². The number of carbonyl (C=O) groups is 1. The molecule has 1 N–H and O–H groups in total. The fourth-order valence-electron chi connectivity index (χ4n) is 1.20. The first-order valence-electron chi connectivity index (χ1n) is 4.49. The molecule has 82 valence electrons. The molecule has 0 unspecified atom stereocenters. The molecule has 0 radical (unpaired) electrons. The van der Waals surface area contributed by atoms with Crippen LogP contribution in [0.25, 0.3) is 0 Å². The maximum atomic E-state index is 11.2. The fraction of sp³-hybridized carbons (Fsp3) is 0.300. The van der Waals surface area contributed by atoms with Gasteiger partial charge in [-0.2, -0.15) is 8.42 Å². The molecule has 1 aromatic rings. The Hall–Kier alpha value is -1.20. The van der Waals surface area contributed by atoms with Crippen molar-refractivity contribution < 1.29 is 17.8 Å². The predicted octanol–water partition coefficient (Wildman–Crippen LogP) is 1.67. The lowest BCUT2D eigenvalue weighted by atomic mass is 10.1. The molecule has 1 aromatic carbocycles. The maximum Gasteiger partial charge on any atom is 0.269 e. The van der Waals surface area contributed by atoms with Gasteiger partial charge < -0.3 is 0 Å². The van der Waals surface area contributed by atoms with Gasteiger partial charge in [0.1, 0.15) is 5.75 Å². The minimum absolute atomic E-state index is 0.00778. The summed E-state index contributed by atoms with van der Waals surface area (Å²) in [6.07, 6.45) is 0.414. The molecule has 0 saturated carbocycles. The molecule has 5 heteroatoms. The van der Waals surface area contributed by atoms with Crippen molar-refractivity contribution in [1.82, 2.24) is 0 Å². The van der Waals surface area contributed by atoms with Crippen LogP contribution in [0.3, 0.4) is 0 Å². The van der Waals surface area contributed by atoms with Crippen molar-refractivity contribution in [3.05, 3.63) is 35.4 Å². The Morgan fingerprint density at radius 1 is 1.27 bits per heavy atom. The zero-order chi connectivity index (χ0) is 11.5. The van der Waals surface area contributed by atoms with Gasteiger partial charge in [0.05, 0.1) is 0 Å². The first-order valence-corrected chi connectivity index (χ1v) is 6.10. The molecule has 0 amide bonds. The second kappa shape index (κ2) is 4.55. The summed E-state index contributed by atoms with van der Waals surface area (Å²) >= 11 is 0. The van der Waals surface area contributed by atoms with Gasteiger partial charge >= 0.3 is 0 Å². The van der Waals surface area contributed by atoms with Gasteiger partial charge in [0.2, 0.25) is 0 Å². The van der Waals surface area contributed by atoms with Crippen LogP contribution in [0.1, 0.15) is 29.3 Å². The predicted molar refractivity (Wildman–Crippen MR) is 56.3 cm³/mol. The highest BCUT2D eigenvalue weighted by Gasteiger charge is 2.07. The molecular formula is C10H12O4S. The molecule has 0 aliphatic carbocycles. The Morgan fingerprint density at radius 3 is 2.20 bits per heavy atom. The SMILES string of the molecule is CCC(=O)c1ccc(CS(=O)(=O)O)cc1. The highest BCUT2D eigenvalue weighted by molar-refractivity contribution is 7.85. The zero-order valence-electron chi connectivity index (χ0n) is 8.30. The van der Waals surface area contributed by atoms with Crippen LogP contribution in [0.5, 0.6) is 0 Å². The highest BCUT2D eigenvalue weighted by atomic mass is 32.2. The minimum Gasteiger partial charge on any atom is -0.294 e. The van der Waals surface area contributed by atoms with E-state index >= 15 is 0 Å².